The molecule has 1 N–H and O–H groups in total. The van der Waals surface area contributed by atoms with Crippen LogP contribution >= 0.6 is 0 Å². The van der Waals surface area contributed by atoms with Crippen molar-refractivity contribution in [2.24, 2.45) is 0 Å². The van der Waals surface area contributed by atoms with Crippen LogP contribution in [-0.4, -0.2) is 25.1 Å². The van der Waals surface area contributed by atoms with E-state index < -0.39 is 11.9 Å². The number of para-hydroxylation sites is 1. The maximum atomic E-state index is 12.4. The number of esters is 1. The second kappa shape index (κ2) is 9.20. The molecule has 0 aliphatic rings. The Hall–Kier alpha value is -3.59. The van der Waals surface area contributed by atoms with Gasteiger partial charge in [0.15, 0.2) is 0 Å². The summed E-state index contributed by atoms with van der Waals surface area (Å²) in [4.78, 5) is 23.9. The molecule has 6 nitrogen and oxygen atoms in total. The van der Waals surface area contributed by atoms with Gasteiger partial charge < -0.3 is 14.8 Å². The molecule has 2 rings (SSSR count). The van der Waals surface area contributed by atoms with Crippen LogP contribution in [0, 0.1) is 11.3 Å². The number of benzene rings is 2. The molecule has 2 aromatic rings. The molecule has 0 fully saturated rings. The highest BCUT2D eigenvalue weighted by atomic mass is 16.5. The first-order chi connectivity index (χ1) is 12.9. The molecule has 2 aromatic carbocycles. The van der Waals surface area contributed by atoms with E-state index in [9.17, 15) is 14.9 Å². The summed E-state index contributed by atoms with van der Waals surface area (Å²) in [5, 5.41) is 12.0. The average molecular weight is 364 g/mol. The molecule has 0 aromatic heterocycles. The normalized spacial score (nSPS) is 10.9. The van der Waals surface area contributed by atoms with E-state index in [0.717, 1.165) is 0 Å². The van der Waals surface area contributed by atoms with E-state index in [1.807, 2.05) is 26.0 Å². The number of methoxy groups -OCH3 is 1. The molecule has 0 radical (unpaired) electrons. The van der Waals surface area contributed by atoms with Crippen molar-refractivity contribution in [3.05, 3.63) is 65.2 Å². The number of hydrogen-bond donors (Lipinski definition) is 1. The summed E-state index contributed by atoms with van der Waals surface area (Å²) in [5.41, 5.74) is 1.40. The molecule has 1 amide bonds. The summed E-state index contributed by atoms with van der Waals surface area (Å²) >= 11 is 0. The first-order valence-electron chi connectivity index (χ1n) is 8.31. The van der Waals surface area contributed by atoms with Gasteiger partial charge in [0.1, 0.15) is 17.4 Å². The van der Waals surface area contributed by atoms with Crippen molar-refractivity contribution in [2.75, 3.05) is 12.4 Å². The zero-order valence-electron chi connectivity index (χ0n) is 15.4. The minimum absolute atomic E-state index is 0.0350. The molecule has 0 spiro atoms. The van der Waals surface area contributed by atoms with Crippen molar-refractivity contribution >= 4 is 23.6 Å². The molecule has 0 bridgehead atoms. The smallest absolute Gasteiger partial charge is 0.337 e. The predicted octanol–water partition coefficient (Wildman–Crippen LogP) is 3.81. The van der Waals surface area contributed by atoms with E-state index in [1.165, 1.54) is 25.3 Å². The minimum Gasteiger partial charge on any atom is -0.490 e. The fourth-order valence-electron chi connectivity index (χ4n) is 2.27. The van der Waals surface area contributed by atoms with Crippen LogP contribution in [0.25, 0.3) is 6.08 Å². The summed E-state index contributed by atoms with van der Waals surface area (Å²) < 4.78 is 10.3. The fourth-order valence-corrected chi connectivity index (χ4v) is 2.27. The number of carbonyl (C=O) groups is 2. The zero-order valence-corrected chi connectivity index (χ0v) is 15.4. The lowest BCUT2D eigenvalue weighted by Gasteiger charge is -2.12. The van der Waals surface area contributed by atoms with Crippen LogP contribution in [0.3, 0.4) is 0 Å². The van der Waals surface area contributed by atoms with Gasteiger partial charge in [-0.2, -0.15) is 5.26 Å². The molecule has 0 atom stereocenters. The van der Waals surface area contributed by atoms with Gasteiger partial charge in [-0.15, -0.1) is 0 Å². The maximum Gasteiger partial charge on any atom is 0.337 e. The van der Waals surface area contributed by atoms with Gasteiger partial charge in [-0.3, -0.25) is 4.79 Å². The summed E-state index contributed by atoms with van der Waals surface area (Å²) in [6.45, 7) is 3.80. The highest BCUT2D eigenvalue weighted by molar-refractivity contribution is 6.10. The second-order valence-electron chi connectivity index (χ2n) is 5.90. The molecular formula is C21H20N2O4. The number of hydrogen-bond acceptors (Lipinski definition) is 5. The average Bonchev–Trinajstić information content (AvgIpc) is 2.66. The predicted molar refractivity (Wildman–Crippen MR) is 102 cm³/mol. The van der Waals surface area contributed by atoms with Crippen LogP contribution in [-0.2, 0) is 9.53 Å². The van der Waals surface area contributed by atoms with E-state index in [2.05, 4.69) is 10.1 Å². The van der Waals surface area contributed by atoms with Gasteiger partial charge in [-0.1, -0.05) is 18.2 Å². The highest BCUT2D eigenvalue weighted by Gasteiger charge is 2.12. The van der Waals surface area contributed by atoms with Crippen LogP contribution in [0.4, 0.5) is 5.69 Å². The third kappa shape index (κ3) is 5.44. The van der Waals surface area contributed by atoms with Crippen LogP contribution < -0.4 is 10.1 Å². The Labute approximate surface area is 158 Å². The van der Waals surface area contributed by atoms with Gasteiger partial charge >= 0.3 is 5.97 Å². The second-order valence-corrected chi connectivity index (χ2v) is 5.90. The van der Waals surface area contributed by atoms with Crippen molar-refractivity contribution < 1.29 is 19.1 Å². The Morgan fingerprint density at radius 1 is 1.11 bits per heavy atom. The van der Waals surface area contributed by atoms with Crippen LogP contribution in [0.5, 0.6) is 5.75 Å². The Morgan fingerprint density at radius 2 is 1.78 bits per heavy atom. The third-order valence-corrected chi connectivity index (χ3v) is 3.51. The molecular weight excluding hydrogens is 344 g/mol. The zero-order chi connectivity index (χ0) is 19.8. The summed E-state index contributed by atoms with van der Waals surface area (Å²) in [5.74, 6) is -0.426. The number of rotatable bonds is 6. The van der Waals surface area contributed by atoms with Crippen LogP contribution in [0.1, 0.15) is 29.8 Å². The Morgan fingerprint density at radius 3 is 2.37 bits per heavy atom. The van der Waals surface area contributed by atoms with Gasteiger partial charge in [-0.25, -0.2) is 4.79 Å². The lowest BCUT2D eigenvalue weighted by Crippen LogP contribution is -2.14. The molecule has 0 aliphatic carbocycles. The number of ether oxygens (including phenoxy) is 2. The van der Waals surface area contributed by atoms with Gasteiger partial charge in [0, 0.05) is 11.3 Å². The van der Waals surface area contributed by atoms with Gasteiger partial charge in [0.2, 0.25) is 0 Å². The lowest BCUT2D eigenvalue weighted by molar-refractivity contribution is -0.112. The van der Waals surface area contributed by atoms with Crippen molar-refractivity contribution in [2.45, 2.75) is 20.0 Å². The van der Waals surface area contributed by atoms with Crippen molar-refractivity contribution in [1.82, 2.24) is 0 Å². The summed E-state index contributed by atoms with van der Waals surface area (Å²) in [6.07, 6.45) is 1.45. The molecule has 0 unspecified atom stereocenters. The molecule has 138 valence electrons. The monoisotopic (exact) mass is 364 g/mol. The Balaban J connectivity index is 2.20. The summed E-state index contributed by atoms with van der Waals surface area (Å²) in [7, 11) is 1.29. The lowest BCUT2D eigenvalue weighted by atomic mass is 10.1. The maximum absolute atomic E-state index is 12.4. The summed E-state index contributed by atoms with van der Waals surface area (Å²) in [6, 6.07) is 15.3. The SMILES string of the molecule is COC(=O)c1ccc(NC(=O)/C(C#N)=C/c2ccccc2OC(C)C)cc1. The van der Waals surface area contributed by atoms with Crippen molar-refractivity contribution in [1.29, 1.82) is 5.26 Å². The number of nitrogens with one attached hydrogen (secondary N) is 1. The number of amides is 1. The number of carbonyl (C=O) groups excluding carboxylic acids is 2. The van der Waals surface area contributed by atoms with Gasteiger partial charge in [0.25, 0.3) is 5.91 Å². The van der Waals surface area contributed by atoms with Gasteiger partial charge in [-0.05, 0) is 50.3 Å². The Kier molecular flexibility index (Phi) is 6.73. The molecule has 27 heavy (non-hydrogen) atoms. The first kappa shape index (κ1) is 19.7. The number of nitriles is 1. The highest BCUT2D eigenvalue weighted by Crippen LogP contribution is 2.22. The van der Waals surface area contributed by atoms with E-state index in [-0.39, 0.29) is 11.7 Å². The standard InChI is InChI=1S/C21H20N2O4/c1-14(2)27-19-7-5-4-6-16(19)12-17(13-22)20(24)23-18-10-8-15(9-11-18)21(25)26-3/h4-12,14H,1-3H3,(H,23,24)/b17-12+. The van der Waals surface area contributed by atoms with E-state index in [0.29, 0.717) is 22.6 Å². The third-order valence-electron chi connectivity index (χ3n) is 3.51. The molecule has 0 saturated heterocycles. The number of anilines is 1. The topological polar surface area (TPSA) is 88.4 Å². The van der Waals surface area contributed by atoms with Crippen molar-refractivity contribution in [3.63, 3.8) is 0 Å². The Bertz CT molecular complexity index is 893. The molecule has 6 heteroatoms. The first-order valence-corrected chi connectivity index (χ1v) is 8.31. The van der Waals surface area contributed by atoms with Crippen molar-refractivity contribution in [3.8, 4) is 11.8 Å². The van der Waals surface area contributed by atoms with Crippen LogP contribution in [0.15, 0.2) is 54.1 Å². The van der Waals surface area contributed by atoms with Gasteiger partial charge in [0.05, 0.1) is 18.8 Å². The molecule has 0 aliphatic heterocycles. The quantitative estimate of drug-likeness (QED) is 0.478. The van der Waals surface area contributed by atoms with E-state index in [1.54, 1.807) is 30.3 Å². The fraction of sp³-hybridized carbons (Fsp3) is 0.190. The molecule has 0 heterocycles. The molecule has 0 saturated carbocycles. The minimum atomic E-state index is -0.553. The van der Waals surface area contributed by atoms with E-state index in [4.69, 9.17) is 4.74 Å². The van der Waals surface area contributed by atoms with Crippen LogP contribution in [0.2, 0.25) is 0 Å². The number of nitrogens with zero attached hydrogens (tertiary/aromatic N) is 1. The largest absolute Gasteiger partial charge is 0.490 e. The van der Waals surface area contributed by atoms with E-state index >= 15 is 0 Å².